The van der Waals surface area contributed by atoms with Crippen LogP contribution in [0, 0.1) is 20.8 Å². The van der Waals surface area contributed by atoms with Gasteiger partial charge in [0.1, 0.15) is 23.8 Å². The van der Waals surface area contributed by atoms with Crippen molar-refractivity contribution in [2.75, 3.05) is 16.0 Å². The first kappa shape index (κ1) is 21.0. The second kappa shape index (κ2) is 9.26. The van der Waals surface area contributed by atoms with Crippen molar-refractivity contribution in [3.8, 4) is 0 Å². The van der Waals surface area contributed by atoms with E-state index in [4.69, 9.17) is 0 Å². The highest BCUT2D eigenvalue weighted by molar-refractivity contribution is 6.04. The van der Waals surface area contributed by atoms with Gasteiger partial charge in [0.25, 0.3) is 5.91 Å². The lowest BCUT2D eigenvalue weighted by molar-refractivity contribution is 0.102. The average molecular weight is 425 g/mol. The van der Waals surface area contributed by atoms with Gasteiger partial charge in [-0.05, 0) is 74.9 Å². The molecule has 7 nitrogen and oxygen atoms in total. The third kappa shape index (κ3) is 5.46. The number of aromatic nitrogens is 3. The van der Waals surface area contributed by atoms with Gasteiger partial charge in [0, 0.05) is 29.2 Å². The van der Waals surface area contributed by atoms with E-state index in [2.05, 4.69) is 30.9 Å². The summed E-state index contributed by atoms with van der Waals surface area (Å²) in [6.07, 6.45) is 3.23. The number of rotatable bonds is 6. The van der Waals surface area contributed by atoms with Crippen LogP contribution in [0.2, 0.25) is 0 Å². The van der Waals surface area contributed by atoms with Crippen LogP contribution in [0.4, 0.5) is 28.8 Å². The predicted molar refractivity (Wildman–Crippen MR) is 128 cm³/mol. The summed E-state index contributed by atoms with van der Waals surface area (Å²) in [5, 5.41) is 9.36. The summed E-state index contributed by atoms with van der Waals surface area (Å²) in [7, 11) is 0. The number of hydrogen-bond acceptors (Lipinski definition) is 6. The average Bonchev–Trinajstić information content (AvgIpc) is 2.75. The van der Waals surface area contributed by atoms with Gasteiger partial charge in [-0.3, -0.25) is 4.79 Å². The van der Waals surface area contributed by atoms with Crippen LogP contribution in [0.15, 0.2) is 73.2 Å². The van der Waals surface area contributed by atoms with Crippen molar-refractivity contribution >= 4 is 34.7 Å². The van der Waals surface area contributed by atoms with Gasteiger partial charge in [-0.2, -0.15) is 0 Å². The van der Waals surface area contributed by atoms with E-state index >= 15 is 0 Å². The van der Waals surface area contributed by atoms with Gasteiger partial charge in [-0.15, -0.1) is 0 Å². The molecule has 1 amide bonds. The highest BCUT2D eigenvalue weighted by atomic mass is 16.1. The van der Waals surface area contributed by atoms with Crippen LogP contribution in [0.3, 0.4) is 0 Å². The number of carbonyl (C=O) groups is 1. The van der Waals surface area contributed by atoms with Crippen LogP contribution in [-0.4, -0.2) is 20.9 Å². The minimum atomic E-state index is -0.131. The molecule has 2 aromatic heterocycles. The first-order chi connectivity index (χ1) is 15.4. The minimum absolute atomic E-state index is 0.131. The lowest BCUT2D eigenvalue weighted by Gasteiger charge is -2.10. The van der Waals surface area contributed by atoms with Crippen LogP contribution in [-0.2, 0) is 0 Å². The predicted octanol–water partition coefficient (Wildman–Crippen LogP) is 5.54. The monoisotopic (exact) mass is 424 g/mol. The molecule has 32 heavy (non-hydrogen) atoms. The number of nitrogens with one attached hydrogen (secondary N) is 3. The molecule has 3 N–H and O–H groups in total. The van der Waals surface area contributed by atoms with E-state index < -0.39 is 0 Å². The van der Waals surface area contributed by atoms with Crippen LogP contribution < -0.4 is 16.0 Å². The normalized spacial score (nSPS) is 10.5. The topological polar surface area (TPSA) is 91.8 Å². The maximum Gasteiger partial charge on any atom is 0.255 e. The zero-order valence-corrected chi connectivity index (χ0v) is 18.2. The van der Waals surface area contributed by atoms with E-state index in [1.165, 1.54) is 6.33 Å². The number of amides is 1. The molecular formula is C25H24N6O. The number of carbonyl (C=O) groups excluding carboxylic acids is 1. The molecule has 0 spiro atoms. The van der Waals surface area contributed by atoms with Gasteiger partial charge < -0.3 is 16.0 Å². The summed E-state index contributed by atoms with van der Waals surface area (Å²) in [4.78, 5) is 25.3. The number of aryl methyl sites for hydroxylation is 3. The number of hydrogen-bond donors (Lipinski definition) is 3. The van der Waals surface area contributed by atoms with E-state index in [0.717, 1.165) is 33.9 Å². The van der Waals surface area contributed by atoms with Crippen LogP contribution >= 0.6 is 0 Å². The molecule has 0 bridgehead atoms. The zero-order chi connectivity index (χ0) is 22.5. The number of nitrogens with zero attached hydrogens (tertiary/aromatic N) is 3. The Balaban J connectivity index is 1.41. The molecule has 4 aromatic rings. The van der Waals surface area contributed by atoms with Gasteiger partial charge >= 0.3 is 0 Å². The lowest BCUT2D eigenvalue weighted by Crippen LogP contribution is -2.12. The molecule has 0 saturated carbocycles. The molecule has 2 aromatic carbocycles. The highest BCUT2D eigenvalue weighted by Crippen LogP contribution is 2.21. The van der Waals surface area contributed by atoms with Crippen molar-refractivity contribution in [2.45, 2.75) is 20.8 Å². The van der Waals surface area contributed by atoms with Gasteiger partial charge in [0.2, 0.25) is 0 Å². The molecule has 0 unspecified atom stereocenters. The Labute approximate surface area is 187 Å². The molecule has 7 heteroatoms. The fourth-order valence-electron chi connectivity index (χ4n) is 3.32. The van der Waals surface area contributed by atoms with Crippen molar-refractivity contribution in [2.24, 2.45) is 0 Å². The van der Waals surface area contributed by atoms with Crippen LogP contribution in [0.25, 0.3) is 0 Å². The Kier molecular flexibility index (Phi) is 6.07. The number of benzene rings is 2. The highest BCUT2D eigenvalue weighted by Gasteiger charge is 2.08. The third-order valence-electron chi connectivity index (χ3n) is 4.74. The molecule has 160 valence electrons. The molecular weight excluding hydrogens is 400 g/mol. The number of anilines is 5. The summed E-state index contributed by atoms with van der Waals surface area (Å²) >= 11 is 0. The Morgan fingerprint density at radius 1 is 0.656 bits per heavy atom. The Morgan fingerprint density at radius 3 is 1.97 bits per heavy atom. The van der Waals surface area contributed by atoms with Crippen molar-refractivity contribution in [3.63, 3.8) is 0 Å². The standard InChI is InChI=1S/C25H24N6O/c1-16-8-9-26-22(13-16)31-24-14-23(27-15-28-24)29-20-4-6-21(7-5-20)30-25(32)19-11-17(2)10-18(3)12-19/h4-15H,1-3H3,(H,30,32)(H2,26,27,28,29,31). The maximum absolute atomic E-state index is 12.5. The third-order valence-corrected chi connectivity index (χ3v) is 4.74. The molecule has 0 atom stereocenters. The molecule has 0 radical (unpaired) electrons. The molecule has 0 aliphatic carbocycles. The molecule has 0 aliphatic heterocycles. The summed E-state index contributed by atoms with van der Waals surface area (Å²) in [6, 6.07) is 19.0. The SMILES string of the molecule is Cc1cc(C)cc(C(=O)Nc2ccc(Nc3cc(Nc4cc(C)ccn4)ncn3)cc2)c1. The molecule has 0 aliphatic rings. The smallest absolute Gasteiger partial charge is 0.255 e. The fourth-order valence-corrected chi connectivity index (χ4v) is 3.32. The zero-order valence-electron chi connectivity index (χ0n) is 18.2. The van der Waals surface area contributed by atoms with Crippen LogP contribution in [0.5, 0.6) is 0 Å². The Morgan fingerprint density at radius 2 is 1.28 bits per heavy atom. The van der Waals surface area contributed by atoms with Gasteiger partial charge in [-0.1, -0.05) is 17.2 Å². The van der Waals surface area contributed by atoms with Gasteiger partial charge in [-0.25, -0.2) is 15.0 Å². The summed E-state index contributed by atoms with van der Waals surface area (Å²) in [5.41, 5.74) is 5.44. The van der Waals surface area contributed by atoms with Crippen molar-refractivity contribution in [3.05, 3.63) is 95.4 Å². The van der Waals surface area contributed by atoms with E-state index in [1.54, 1.807) is 12.3 Å². The molecule has 0 saturated heterocycles. The molecule has 0 fully saturated rings. The van der Waals surface area contributed by atoms with E-state index in [-0.39, 0.29) is 5.91 Å². The maximum atomic E-state index is 12.5. The van der Waals surface area contributed by atoms with Gasteiger partial charge in [0.15, 0.2) is 0 Å². The minimum Gasteiger partial charge on any atom is -0.340 e. The van der Waals surface area contributed by atoms with Crippen molar-refractivity contribution in [1.82, 2.24) is 15.0 Å². The Hall–Kier alpha value is -4.26. The summed E-state index contributed by atoms with van der Waals surface area (Å²) in [6.45, 7) is 5.97. The van der Waals surface area contributed by atoms with E-state index in [9.17, 15) is 4.79 Å². The summed E-state index contributed by atoms with van der Waals surface area (Å²) < 4.78 is 0. The fraction of sp³-hybridized carbons (Fsp3) is 0.120. The first-order valence-corrected chi connectivity index (χ1v) is 10.2. The Bertz CT molecular complexity index is 1230. The summed E-state index contributed by atoms with van der Waals surface area (Å²) in [5.74, 6) is 1.87. The van der Waals surface area contributed by atoms with Crippen molar-refractivity contribution in [1.29, 1.82) is 0 Å². The second-order valence-corrected chi connectivity index (χ2v) is 7.66. The van der Waals surface area contributed by atoms with E-state index in [0.29, 0.717) is 17.2 Å². The molecule has 4 rings (SSSR count). The van der Waals surface area contributed by atoms with Crippen molar-refractivity contribution < 1.29 is 4.79 Å². The second-order valence-electron chi connectivity index (χ2n) is 7.66. The number of pyridine rings is 1. The molecule has 2 heterocycles. The van der Waals surface area contributed by atoms with Gasteiger partial charge in [0.05, 0.1) is 0 Å². The van der Waals surface area contributed by atoms with Crippen LogP contribution in [0.1, 0.15) is 27.0 Å². The largest absolute Gasteiger partial charge is 0.340 e. The van der Waals surface area contributed by atoms with E-state index in [1.807, 2.05) is 75.4 Å². The lowest BCUT2D eigenvalue weighted by atomic mass is 10.1. The quantitative estimate of drug-likeness (QED) is 0.377. The first-order valence-electron chi connectivity index (χ1n) is 10.2.